The van der Waals surface area contributed by atoms with Gasteiger partial charge in [0.05, 0.1) is 0 Å². The zero-order valence-corrected chi connectivity index (χ0v) is 14.3. The average Bonchev–Trinajstić information content (AvgIpc) is 2.53. The third-order valence-corrected chi connectivity index (χ3v) is 5.14. The molecule has 0 aliphatic carbocycles. The van der Waals surface area contributed by atoms with Gasteiger partial charge in [-0.15, -0.1) is 6.58 Å². The topological polar surface area (TPSA) is 41.6 Å². The van der Waals surface area contributed by atoms with Crippen molar-refractivity contribution in [3.05, 3.63) is 12.2 Å². The molecule has 2 rings (SSSR count). The summed E-state index contributed by atoms with van der Waals surface area (Å²) in [7, 11) is 0. The van der Waals surface area contributed by atoms with Crippen LogP contribution in [0.15, 0.2) is 12.2 Å². The Bertz CT molecular complexity index is 383. The van der Waals surface area contributed by atoms with Crippen molar-refractivity contribution < 1.29 is 9.53 Å². The minimum atomic E-state index is 0.00995. The Morgan fingerprint density at radius 1 is 1.27 bits per heavy atom. The van der Waals surface area contributed by atoms with E-state index in [1.165, 1.54) is 19.3 Å². The van der Waals surface area contributed by atoms with Crippen LogP contribution in [-0.4, -0.2) is 49.2 Å². The highest BCUT2D eigenvalue weighted by molar-refractivity contribution is 5.78. The number of carbonyl (C=O) groups excluding carboxylic acids is 1. The Morgan fingerprint density at radius 3 is 2.50 bits per heavy atom. The van der Waals surface area contributed by atoms with Gasteiger partial charge in [0.15, 0.2) is 0 Å². The molecule has 0 aromatic heterocycles. The van der Waals surface area contributed by atoms with Gasteiger partial charge in [0.1, 0.15) is 0 Å². The molecule has 2 fully saturated rings. The molecule has 0 unspecified atom stereocenters. The van der Waals surface area contributed by atoms with Gasteiger partial charge in [0.2, 0.25) is 5.91 Å². The lowest BCUT2D eigenvalue weighted by atomic mass is 9.86. The van der Waals surface area contributed by atoms with Gasteiger partial charge in [-0.2, -0.15) is 0 Å². The first kappa shape index (κ1) is 17.5. The van der Waals surface area contributed by atoms with Crippen LogP contribution in [0.4, 0.5) is 0 Å². The molecule has 4 nitrogen and oxygen atoms in total. The molecule has 2 heterocycles. The number of ether oxygens (including phenoxy) is 1. The number of allylic oxidation sites excluding steroid dienone is 1. The number of likely N-dealkylation sites (tertiary alicyclic amines) is 1. The molecular weight excluding hydrogens is 276 g/mol. The average molecular weight is 308 g/mol. The summed E-state index contributed by atoms with van der Waals surface area (Å²) in [4.78, 5) is 15.0. The number of amides is 1. The number of piperidine rings is 1. The van der Waals surface area contributed by atoms with E-state index in [1.54, 1.807) is 0 Å². The molecule has 2 aliphatic heterocycles. The van der Waals surface area contributed by atoms with Crippen LogP contribution in [0.5, 0.6) is 0 Å². The van der Waals surface area contributed by atoms with E-state index in [9.17, 15) is 4.79 Å². The van der Waals surface area contributed by atoms with Crippen LogP contribution in [0.2, 0.25) is 0 Å². The van der Waals surface area contributed by atoms with Crippen molar-refractivity contribution in [3.63, 3.8) is 0 Å². The van der Waals surface area contributed by atoms with E-state index in [0.29, 0.717) is 0 Å². The smallest absolute Gasteiger partial charge is 0.223 e. The van der Waals surface area contributed by atoms with Crippen LogP contribution in [0.25, 0.3) is 0 Å². The van der Waals surface area contributed by atoms with Crippen LogP contribution in [0.1, 0.15) is 52.4 Å². The molecule has 1 N–H and O–H groups in total. The molecule has 0 saturated carbocycles. The standard InChI is InChI=1S/C18H32N2O2/c1-15(2)13-16(3)17(21)19-14-18(7-11-22-12-8-18)20-9-5-4-6-10-20/h16H,1,4-14H2,2-3H3,(H,19,21)/t16-/m1/s1. The van der Waals surface area contributed by atoms with Crippen LogP contribution >= 0.6 is 0 Å². The van der Waals surface area contributed by atoms with Gasteiger partial charge in [-0.1, -0.05) is 18.9 Å². The van der Waals surface area contributed by atoms with Crippen molar-refractivity contribution in [1.29, 1.82) is 0 Å². The van der Waals surface area contributed by atoms with E-state index >= 15 is 0 Å². The van der Waals surface area contributed by atoms with E-state index in [4.69, 9.17) is 4.74 Å². The summed E-state index contributed by atoms with van der Waals surface area (Å²) in [6.07, 6.45) is 6.73. The maximum Gasteiger partial charge on any atom is 0.223 e. The Morgan fingerprint density at radius 2 is 1.91 bits per heavy atom. The molecule has 0 spiro atoms. The van der Waals surface area contributed by atoms with E-state index in [1.807, 2.05) is 13.8 Å². The maximum absolute atomic E-state index is 12.3. The lowest BCUT2D eigenvalue weighted by Crippen LogP contribution is -2.60. The number of carbonyl (C=O) groups is 1. The molecule has 0 aromatic carbocycles. The maximum atomic E-state index is 12.3. The van der Waals surface area contributed by atoms with Gasteiger partial charge in [-0.3, -0.25) is 9.69 Å². The van der Waals surface area contributed by atoms with Gasteiger partial charge in [-0.05, 0) is 52.1 Å². The Labute approximate surface area is 135 Å². The molecule has 1 amide bonds. The predicted octanol–water partition coefficient (Wildman–Crippen LogP) is 2.74. The van der Waals surface area contributed by atoms with Crippen molar-refractivity contribution in [3.8, 4) is 0 Å². The fraction of sp³-hybridized carbons (Fsp3) is 0.833. The summed E-state index contributed by atoms with van der Waals surface area (Å²) in [6, 6.07) is 0. The molecule has 1 atom stereocenters. The third-order valence-electron chi connectivity index (χ3n) is 5.14. The van der Waals surface area contributed by atoms with E-state index in [0.717, 1.165) is 57.7 Å². The predicted molar refractivity (Wildman–Crippen MR) is 89.8 cm³/mol. The first-order chi connectivity index (χ1) is 10.5. The number of hydrogen-bond acceptors (Lipinski definition) is 3. The second-order valence-electron chi connectivity index (χ2n) is 7.16. The van der Waals surface area contributed by atoms with E-state index in [2.05, 4.69) is 16.8 Å². The number of nitrogens with zero attached hydrogens (tertiary/aromatic N) is 1. The van der Waals surface area contributed by atoms with Crippen molar-refractivity contribution in [2.75, 3.05) is 32.8 Å². The van der Waals surface area contributed by atoms with Gasteiger partial charge < -0.3 is 10.1 Å². The minimum Gasteiger partial charge on any atom is -0.381 e. The van der Waals surface area contributed by atoms with E-state index < -0.39 is 0 Å². The van der Waals surface area contributed by atoms with Gasteiger partial charge in [-0.25, -0.2) is 0 Å². The minimum absolute atomic E-state index is 0.00995. The van der Waals surface area contributed by atoms with Crippen LogP contribution in [-0.2, 0) is 9.53 Å². The van der Waals surface area contributed by atoms with Gasteiger partial charge in [0.25, 0.3) is 0 Å². The highest BCUT2D eigenvalue weighted by atomic mass is 16.5. The normalized spacial score (nSPS) is 23.7. The SMILES string of the molecule is C=C(C)C[C@@H](C)C(=O)NCC1(N2CCCCC2)CCOCC1. The van der Waals surface area contributed by atoms with Crippen molar-refractivity contribution in [2.45, 2.75) is 57.9 Å². The monoisotopic (exact) mass is 308 g/mol. The quantitative estimate of drug-likeness (QED) is 0.767. The highest BCUT2D eigenvalue weighted by Gasteiger charge is 2.39. The third kappa shape index (κ3) is 4.56. The summed E-state index contributed by atoms with van der Waals surface area (Å²) in [5.41, 5.74) is 1.18. The summed E-state index contributed by atoms with van der Waals surface area (Å²) < 4.78 is 5.57. The highest BCUT2D eigenvalue weighted by Crippen LogP contribution is 2.30. The largest absolute Gasteiger partial charge is 0.381 e. The van der Waals surface area contributed by atoms with Crippen molar-refractivity contribution >= 4 is 5.91 Å². The Hall–Kier alpha value is -0.870. The van der Waals surface area contributed by atoms with Crippen LogP contribution in [0.3, 0.4) is 0 Å². The molecule has 2 saturated heterocycles. The van der Waals surface area contributed by atoms with Gasteiger partial charge in [0, 0.05) is 31.2 Å². The van der Waals surface area contributed by atoms with Crippen molar-refractivity contribution in [1.82, 2.24) is 10.2 Å². The van der Waals surface area contributed by atoms with E-state index in [-0.39, 0.29) is 17.4 Å². The summed E-state index contributed by atoms with van der Waals surface area (Å²) in [5, 5.41) is 3.22. The lowest BCUT2D eigenvalue weighted by molar-refractivity contribution is -0.126. The molecule has 4 heteroatoms. The van der Waals surface area contributed by atoms with Gasteiger partial charge >= 0.3 is 0 Å². The second kappa shape index (κ2) is 8.11. The molecular formula is C18H32N2O2. The lowest BCUT2D eigenvalue weighted by Gasteiger charge is -2.48. The zero-order chi connectivity index (χ0) is 16.0. The molecule has 126 valence electrons. The fourth-order valence-corrected chi connectivity index (χ4v) is 3.77. The Balaban J connectivity index is 1.94. The van der Waals surface area contributed by atoms with Crippen LogP contribution < -0.4 is 5.32 Å². The first-order valence-electron chi connectivity index (χ1n) is 8.78. The summed E-state index contributed by atoms with van der Waals surface area (Å²) in [6.45, 7) is 12.6. The molecule has 22 heavy (non-hydrogen) atoms. The summed E-state index contributed by atoms with van der Waals surface area (Å²) in [5.74, 6) is 0.168. The fourth-order valence-electron chi connectivity index (χ4n) is 3.77. The molecule has 2 aliphatic rings. The number of rotatable bonds is 6. The first-order valence-corrected chi connectivity index (χ1v) is 8.78. The van der Waals surface area contributed by atoms with Crippen LogP contribution in [0, 0.1) is 5.92 Å². The van der Waals surface area contributed by atoms with Crippen molar-refractivity contribution in [2.24, 2.45) is 5.92 Å². The molecule has 0 radical (unpaired) electrons. The molecule has 0 bridgehead atoms. The Kier molecular flexibility index (Phi) is 6.45. The number of nitrogens with one attached hydrogen (secondary N) is 1. The second-order valence-corrected chi connectivity index (χ2v) is 7.16. The summed E-state index contributed by atoms with van der Waals surface area (Å²) >= 11 is 0. The zero-order valence-electron chi connectivity index (χ0n) is 14.3. The molecule has 0 aromatic rings. The number of hydrogen-bond donors (Lipinski definition) is 1.